The van der Waals surface area contributed by atoms with Crippen molar-refractivity contribution in [3.63, 3.8) is 0 Å². The molecule has 102 heavy (non-hydrogen) atoms. The first-order valence-electron chi connectivity index (χ1n) is 44.6. The van der Waals surface area contributed by atoms with E-state index in [-0.39, 0.29) is 17.7 Å². The molecule has 0 saturated heterocycles. The average molecular weight is 1430 g/mol. The van der Waals surface area contributed by atoms with Crippen molar-refractivity contribution >= 4 is 23.6 Å². The molecule has 0 aliphatic heterocycles. The third-order valence-electron chi connectivity index (χ3n) is 20.5. The van der Waals surface area contributed by atoms with E-state index in [2.05, 4.69) is 52.2 Å². The normalized spacial score (nSPS) is 11.9. The molecule has 0 bridgehead atoms. The molecule has 0 heterocycles. The Kier molecular flexibility index (Phi) is 65.6. The van der Waals surface area contributed by atoms with Gasteiger partial charge in [-0.15, -0.1) is 0 Å². The third kappa shape index (κ3) is 53.6. The molecule has 1 atom stereocenters. The predicted octanol–water partition coefficient (Wildman–Crippen LogP) is 29.3. The molecule has 0 aromatic heterocycles. The monoisotopic (exact) mass is 1430 g/mol. The van der Waals surface area contributed by atoms with Gasteiger partial charge >= 0.3 is 0 Å². The van der Waals surface area contributed by atoms with E-state index in [9.17, 15) is 9.59 Å². The Labute approximate surface area is 631 Å². The van der Waals surface area contributed by atoms with Crippen LogP contribution in [0.3, 0.4) is 0 Å². The summed E-state index contributed by atoms with van der Waals surface area (Å²) >= 11 is 0. The Hall–Kier alpha value is -4.08. The van der Waals surface area contributed by atoms with Crippen LogP contribution < -0.4 is 39.1 Å². The quantitative estimate of drug-likeness (QED) is 0.0497. The maximum Gasteiger partial charge on any atom is 0.247 e. The highest BCUT2D eigenvalue weighted by atomic mass is 16.5. The Morgan fingerprint density at radius 3 is 0.725 bits per heavy atom. The van der Waals surface area contributed by atoms with Crippen LogP contribution in [-0.4, -0.2) is 57.5 Å². The number of ether oxygens (including phenoxy) is 6. The van der Waals surface area contributed by atoms with E-state index < -0.39 is 6.04 Å². The minimum absolute atomic E-state index is 0.214. The van der Waals surface area contributed by atoms with Crippen molar-refractivity contribution in [1.29, 1.82) is 0 Å². The summed E-state index contributed by atoms with van der Waals surface area (Å²) in [5, 5.41) is 6.33. The fourth-order valence-electron chi connectivity index (χ4n) is 13.8. The van der Waals surface area contributed by atoms with Crippen molar-refractivity contribution in [3.8, 4) is 34.5 Å². The molecule has 2 aromatic carbocycles. The Morgan fingerprint density at radius 1 is 0.294 bits per heavy atom. The number of amides is 2. The lowest BCUT2D eigenvalue weighted by Gasteiger charge is -2.23. The highest BCUT2D eigenvalue weighted by Gasteiger charge is 2.26. The SMILES string of the molecule is CCCCCCCCCCCCOc1cc(/C=C/C(=O)N[C@@H](C(=O)Nc2cc(OCCCCCCCCCCCC)c(OCCCCCCCCCCCC)c(OCCCCCCCCCCCC)c2)C(C)C)cc(OCCCCCCCCCCCC)c1OCCCCCCCCCCCC. The van der Waals surface area contributed by atoms with Crippen LogP contribution in [0, 0.1) is 5.92 Å². The van der Waals surface area contributed by atoms with E-state index in [1.165, 1.54) is 308 Å². The molecule has 0 spiro atoms. The fraction of sp³-hybridized carbons (Fsp3) is 0.826. The van der Waals surface area contributed by atoms with E-state index in [1.807, 2.05) is 44.2 Å². The van der Waals surface area contributed by atoms with E-state index >= 15 is 0 Å². The van der Waals surface area contributed by atoms with Crippen LogP contribution >= 0.6 is 0 Å². The first-order chi connectivity index (χ1) is 50.2. The standard InChI is InChI=1S/C92H166N2O8/c1-9-15-21-27-33-39-45-51-57-63-71-97-84-77-82(78-85(98-72-64-58-52-46-40-34-28-22-16-10-2)90(84)101-75-67-61-55-49-43-37-31-25-19-13-5)69-70-88(95)94-89(81(7)8)92(96)93-83-79-86(99-73-65-59-53-47-41-35-29-23-17-11-3)91(102-76-68-62-56-50-44-38-32-26-20-14-6)87(80-83)100-74-66-60-54-48-42-36-30-24-18-12-4/h69-70,77-81,89H,9-68,71-76H2,1-8H3,(H,93,96)(H,94,95)/b70-69+/t89-/m1/s1. The number of hydrogen-bond donors (Lipinski definition) is 2. The third-order valence-corrected chi connectivity index (χ3v) is 20.5. The second-order valence-corrected chi connectivity index (χ2v) is 30.9. The highest BCUT2D eigenvalue weighted by molar-refractivity contribution is 6.00. The van der Waals surface area contributed by atoms with Crippen molar-refractivity contribution in [1.82, 2.24) is 5.32 Å². The van der Waals surface area contributed by atoms with Crippen molar-refractivity contribution in [2.75, 3.05) is 45.0 Å². The molecule has 0 aliphatic rings. The highest BCUT2D eigenvalue weighted by Crippen LogP contribution is 2.43. The van der Waals surface area contributed by atoms with Gasteiger partial charge in [0.15, 0.2) is 23.0 Å². The lowest BCUT2D eigenvalue weighted by molar-refractivity contribution is -0.124. The summed E-state index contributed by atoms with van der Waals surface area (Å²) in [4.78, 5) is 29.0. The molecule has 10 heteroatoms. The van der Waals surface area contributed by atoms with Gasteiger partial charge in [0.1, 0.15) is 6.04 Å². The molecule has 2 rings (SSSR count). The lowest BCUT2D eigenvalue weighted by atomic mass is 10.0. The summed E-state index contributed by atoms with van der Waals surface area (Å²) in [6, 6.07) is 7.00. The minimum atomic E-state index is -0.831. The van der Waals surface area contributed by atoms with Crippen LogP contribution in [0.5, 0.6) is 34.5 Å². The van der Waals surface area contributed by atoms with Gasteiger partial charge in [-0.3, -0.25) is 9.59 Å². The average Bonchev–Trinajstić information content (AvgIpc) is 0.826. The molecule has 2 amide bonds. The second kappa shape index (κ2) is 71.2. The zero-order valence-electron chi connectivity index (χ0n) is 68.6. The van der Waals surface area contributed by atoms with Gasteiger partial charge in [-0.05, 0) is 68.2 Å². The van der Waals surface area contributed by atoms with Crippen LogP contribution in [0.4, 0.5) is 5.69 Å². The molecule has 0 saturated carbocycles. The first kappa shape index (κ1) is 94.0. The number of anilines is 1. The smallest absolute Gasteiger partial charge is 0.247 e. The number of carbonyl (C=O) groups is 2. The molecule has 2 aromatic rings. The predicted molar refractivity (Wildman–Crippen MR) is 441 cm³/mol. The molecule has 0 unspecified atom stereocenters. The van der Waals surface area contributed by atoms with Gasteiger partial charge in [-0.1, -0.05) is 402 Å². The van der Waals surface area contributed by atoms with Crippen LogP contribution in [0.25, 0.3) is 6.08 Å². The lowest BCUT2D eigenvalue weighted by Crippen LogP contribution is -2.46. The first-order valence-corrected chi connectivity index (χ1v) is 44.6. The summed E-state index contributed by atoms with van der Waals surface area (Å²) in [5.74, 6) is 2.91. The number of nitrogens with one attached hydrogen (secondary N) is 2. The van der Waals surface area contributed by atoms with Crippen LogP contribution in [-0.2, 0) is 9.59 Å². The number of unbranched alkanes of at least 4 members (excludes halogenated alkanes) is 54. The molecule has 592 valence electrons. The van der Waals surface area contributed by atoms with Gasteiger partial charge in [-0.2, -0.15) is 0 Å². The van der Waals surface area contributed by atoms with Crippen LogP contribution in [0.1, 0.15) is 446 Å². The van der Waals surface area contributed by atoms with Gasteiger partial charge in [-0.25, -0.2) is 0 Å². The van der Waals surface area contributed by atoms with E-state index in [1.54, 1.807) is 6.08 Å². The summed E-state index contributed by atoms with van der Waals surface area (Å²) in [5.41, 5.74) is 1.34. The Balaban J connectivity index is 2.47. The molecule has 10 nitrogen and oxygen atoms in total. The van der Waals surface area contributed by atoms with Gasteiger partial charge in [0.05, 0.1) is 39.6 Å². The second-order valence-electron chi connectivity index (χ2n) is 30.9. The Morgan fingerprint density at radius 2 is 0.500 bits per heavy atom. The van der Waals surface area contributed by atoms with Crippen molar-refractivity contribution in [3.05, 3.63) is 35.9 Å². The number of benzene rings is 2. The summed E-state index contributed by atoms with van der Waals surface area (Å²) < 4.78 is 40.3. The molecular weight excluding hydrogens is 1260 g/mol. The topological polar surface area (TPSA) is 114 Å². The van der Waals surface area contributed by atoms with Crippen molar-refractivity contribution in [2.45, 2.75) is 447 Å². The molecule has 0 radical (unpaired) electrons. The molecule has 0 fully saturated rings. The fourth-order valence-corrected chi connectivity index (χ4v) is 13.8. The largest absolute Gasteiger partial charge is 0.490 e. The van der Waals surface area contributed by atoms with Gasteiger partial charge in [0.2, 0.25) is 23.3 Å². The van der Waals surface area contributed by atoms with Crippen LogP contribution in [0.2, 0.25) is 0 Å². The number of carbonyl (C=O) groups excluding carboxylic acids is 2. The zero-order valence-corrected chi connectivity index (χ0v) is 68.6. The molecule has 2 N–H and O–H groups in total. The summed E-state index contributed by atoms with van der Waals surface area (Å²) in [6.45, 7) is 21.1. The maximum atomic E-state index is 14.7. The van der Waals surface area contributed by atoms with E-state index in [0.717, 1.165) is 82.6 Å². The van der Waals surface area contributed by atoms with Gasteiger partial charge < -0.3 is 39.1 Å². The molecule has 0 aliphatic carbocycles. The maximum absolute atomic E-state index is 14.7. The number of hydrogen-bond acceptors (Lipinski definition) is 8. The van der Waals surface area contributed by atoms with Gasteiger partial charge in [0.25, 0.3) is 0 Å². The number of rotatable bonds is 78. The summed E-state index contributed by atoms with van der Waals surface area (Å²) in [7, 11) is 0. The Bertz CT molecular complexity index is 2120. The minimum Gasteiger partial charge on any atom is -0.490 e. The molecular formula is C92H166N2O8. The van der Waals surface area contributed by atoms with Crippen LogP contribution in [0.15, 0.2) is 30.3 Å². The van der Waals surface area contributed by atoms with E-state index in [0.29, 0.717) is 79.8 Å². The van der Waals surface area contributed by atoms with Crippen molar-refractivity contribution < 1.29 is 38.0 Å². The summed E-state index contributed by atoms with van der Waals surface area (Å²) in [6.07, 6.45) is 78.4. The van der Waals surface area contributed by atoms with Crippen molar-refractivity contribution in [2.24, 2.45) is 5.92 Å². The van der Waals surface area contributed by atoms with E-state index in [4.69, 9.17) is 28.4 Å². The van der Waals surface area contributed by atoms with Gasteiger partial charge in [0, 0.05) is 23.9 Å². The zero-order chi connectivity index (χ0) is 73.5.